The van der Waals surface area contributed by atoms with E-state index in [9.17, 15) is 29.1 Å². The van der Waals surface area contributed by atoms with E-state index in [0.717, 1.165) is 50.1 Å². The number of carboxylic acid groups (broad SMARTS) is 1. The Labute approximate surface area is 802 Å². The highest BCUT2D eigenvalue weighted by molar-refractivity contribution is 8.01. The SMILES string of the molecule is CC[C@H](C)[C@H](NC(=O)[C@@H]1CCCN1C(=O)[C@@H]1CCCN1C(=O)[C@@H](NC(=O)[C@H](COC(C)(C)C)NC(=O)[C@H](C)NC(=O)[C@@H](NC(=O)[C@@H](N)CSC(c1ccccc1)(c1ccccc1)c1ccccc1)[C@@H](C)OC(C)(C)C)[C@@H](C)CC)C(=O)N[C@@H](CSC(c1ccccc1)(c1ccccc1)c1ccccc1)C(=O)N[C@@H](CCC(=O)NC(c1ccccc1)(c1ccccc1)c1ccccc1)C(=O)O. The van der Waals surface area contributed by atoms with Crippen molar-refractivity contribution in [2.75, 3.05) is 31.2 Å². The highest BCUT2D eigenvalue weighted by atomic mass is 32.2. The van der Waals surface area contributed by atoms with Gasteiger partial charge in [-0.1, -0.05) is 314 Å². The van der Waals surface area contributed by atoms with Crippen LogP contribution in [0, 0.1) is 11.8 Å². The van der Waals surface area contributed by atoms with Gasteiger partial charge in [0.2, 0.25) is 59.1 Å². The molecule has 0 saturated carbocycles. The number of nitrogens with zero attached hydrogens (tertiary/aromatic N) is 2. The van der Waals surface area contributed by atoms with E-state index in [-0.39, 0.29) is 56.9 Å². The molecule has 2 aliphatic heterocycles. The maximum absolute atomic E-state index is 15.6. The summed E-state index contributed by atoms with van der Waals surface area (Å²) in [5.41, 5.74) is 11.6. The second kappa shape index (κ2) is 47.8. The number of amides is 10. The molecule has 25 nitrogen and oxygen atoms in total. The van der Waals surface area contributed by atoms with E-state index in [4.69, 9.17) is 15.2 Å². The Bertz CT molecular complexity index is 5130. The summed E-state index contributed by atoms with van der Waals surface area (Å²) >= 11 is 2.82. The molecule has 27 heteroatoms. The molecule has 2 fully saturated rings. The number of nitrogens with two attached hydrogens (primary N) is 1. The van der Waals surface area contributed by atoms with Crippen molar-refractivity contribution in [1.82, 2.24) is 52.3 Å². The van der Waals surface area contributed by atoms with Crippen molar-refractivity contribution in [2.24, 2.45) is 17.6 Å². The van der Waals surface area contributed by atoms with E-state index >= 15 is 28.8 Å². The number of hydrogen-bond acceptors (Lipinski definition) is 16. The average Bonchev–Trinajstić information content (AvgIpc) is 1.44. The molecule has 10 amide bonds. The number of carbonyl (C=O) groups is 11. The summed E-state index contributed by atoms with van der Waals surface area (Å²) in [6, 6.07) is 73.9. The topological polar surface area (TPSA) is 355 Å². The molecule has 0 unspecified atom stereocenters. The third-order valence-electron chi connectivity index (χ3n) is 25.1. The number of hydrogen-bond donors (Lipinski definition) is 10. The molecule has 11 rings (SSSR count). The van der Waals surface area contributed by atoms with Crippen molar-refractivity contribution in [1.29, 1.82) is 0 Å². The number of carbonyl (C=O) groups excluding carboxylic acids is 10. The van der Waals surface area contributed by atoms with Crippen molar-refractivity contribution >= 4 is 88.6 Å². The van der Waals surface area contributed by atoms with Crippen molar-refractivity contribution in [2.45, 2.75) is 227 Å². The van der Waals surface area contributed by atoms with E-state index in [0.29, 0.717) is 25.7 Å². The zero-order valence-corrected chi connectivity index (χ0v) is 80.9. The molecule has 9 aromatic rings. The standard InChI is InChI=1S/C108H131N11O14S2/c1-13-71(3)91(99(126)113-87(70-135-108(81-56-36-21-37-57-81,82-58-38-22-39-59-82)83-60-40-23-41-61-83)97(124)111-85(103(130)131)64-65-90(120)117-106(75-44-24-15-25-45-75,76-46-26-16-27-47-76)77-48-28-17-29-49-77)114-98(125)88-62-42-66-118(88)101(128)89-63-43-67-119(89)102(129)92(72(4)14-2)115-96(123)86(68-132-104(7,8)9)112-94(121)73(5)110-100(127)93(74(6)133-105(10,11)12)116-95(122)84(109)69-134-107(78-50-30-18-31-51-78,79-52-32-19-33-53-79)80-54-34-20-35-55-80/h15-41,44-61,71-74,84-89,91-93H,13-14,42-43,62-70,109H2,1-12H3,(H,110,127)(H,111,124)(H,112,121)(H,113,126)(H,114,125)(H,115,123)(H,116,122)(H,117,120)(H,130,131)/t71-,72-,73-,74+,84-,85-,86-,87-,88-,89-,91-,92-,93-/m0/s1. The van der Waals surface area contributed by atoms with E-state index in [2.05, 4.69) is 42.5 Å². The first kappa shape index (κ1) is 103. The molecular weight excluding hydrogens is 1740 g/mol. The Hall–Kier alpha value is -12.3. The van der Waals surface area contributed by atoms with Crippen LogP contribution in [0.15, 0.2) is 273 Å². The van der Waals surface area contributed by atoms with E-state index in [1.165, 1.54) is 40.2 Å². The number of likely N-dealkylation sites (tertiary alicyclic amines) is 2. The van der Waals surface area contributed by atoms with Crippen molar-refractivity contribution < 1.29 is 67.3 Å². The molecule has 0 radical (unpaired) electrons. The zero-order valence-electron chi connectivity index (χ0n) is 79.2. The lowest BCUT2D eigenvalue weighted by molar-refractivity contribution is -0.149. The number of ether oxygens (including phenoxy) is 2. The van der Waals surface area contributed by atoms with Gasteiger partial charge in [0.05, 0.1) is 39.4 Å². The summed E-state index contributed by atoms with van der Waals surface area (Å²) in [6.45, 7) is 20.8. The molecular formula is C108H131N11O14S2. The minimum Gasteiger partial charge on any atom is -0.480 e. The van der Waals surface area contributed by atoms with Gasteiger partial charge >= 0.3 is 5.97 Å². The Morgan fingerprint density at radius 1 is 0.407 bits per heavy atom. The third-order valence-corrected chi connectivity index (χ3v) is 28.4. The monoisotopic (exact) mass is 1870 g/mol. The van der Waals surface area contributed by atoms with E-state index in [1.54, 1.807) is 62.3 Å². The van der Waals surface area contributed by atoms with Gasteiger partial charge in [0.15, 0.2) is 0 Å². The van der Waals surface area contributed by atoms with Gasteiger partial charge in [-0.15, -0.1) is 23.5 Å². The van der Waals surface area contributed by atoms with E-state index < -0.39 is 170 Å². The number of thioether (sulfide) groups is 2. The second-order valence-corrected chi connectivity index (χ2v) is 39.4. The summed E-state index contributed by atoms with van der Waals surface area (Å²) in [5, 5.41) is 34.3. The molecule has 2 aliphatic rings. The largest absolute Gasteiger partial charge is 0.480 e. The second-order valence-electron chi connectivity index (χ2n) is 36.9. The summed E-state index contributed by atoms with van der Waals surface area (Å²) in [6.07, 6.45) is 0.186. The summed E-state index contributed by atoms with van der Waals surface area (Å²) in [5.74, 6) is -9.64. The van der Waals surface area contributed by atoms with Crippen molar-refractivity contribution in [3.8, 4) is 0 Å². The van der Waals surface area contributed by atoms with Crippen LogP contribution in [0.3, 0.4) is 0 Å². The normalized spacial score (nSPS) is 16.6. The summed E-state index contributed by atoms with van der Waals surface area (Å²) < 4.78 is 10.6. The average molecular weight is 1870 g/mol. The maximum Gasteiger partial charge on any atom is 0.326 e. The number of nitrogens with one attached hydrogen (secondary N) is 8. The van der Waals surface area contributed by atoms with Gasteiger partial charge in [-0.3, -0.25) is 47.9 Å². The lowest BCUT2D eigenvalue weighted by atomic mass is 9.77. The van der Waals surface area contributed by atoms with Crippen molar-refractivity contribution in [3.05, 3.63) is 323 Å². The molecule has 9 aromatic carbocycles. The van der Waals surface area contributed by atoms with E-state index in [1.807, 2.05) is 287 Å². The molecule has 2 heterocycles. The first-order chi connectivity index (χ1) is 64.6. The van der Waals surface area contributed by atoms with Gasteiger partial charge in [-0.05, 0) is 149 Å². The molecule has 135 heavy (non-hydrogen) atoms. The lowest BCUT2D eigenvalue weighted by Crippen LogP contribution is -2.62. The zero-order chi connectivity index (χ0) is 97.2. The molecule has 2 saturated heterocycles. The highest BCUT2D eigenvalue weighted by Gasteiger charge is 2.49. The van der Waals surface area contributed by atoms with Gasteiger partial charge < -0.3 is 72.6 Å². The fraction of sp³-hybridized carbons (Fsp3) is 0.398. The van der Waals surface area contributed by atoms with Gasteiger partial charge in [-0.25, -0.2) is 4.79 Å². The first-order valence-electron chi connectivity index (χ1n) is 46.8. The van der Waals surface area contributed by atoms with Crippen LogP contribution in [0.4, 0.5) is 0 Å². The first-order valence-corrected chi connectivity index (χ1v) is 48.7. The number of aliphatic carboxylic acids is 1. The number of rotatable bonds is 44. The molecule has 13 atom stereocenters. The van der Waals surface area contributed by atoms with Gasteiger partial charge in [0, 0.05) is 31.0 Å². The lowest BCUT2D eigenvalue weighted by Gasteiger charge is -2.37. The molecule has 0 bridgehead atoms. The Kier molecular flexibility index (Phi) is 36.5. The molecule has 0 spiro atoms. The summed E-state index contributed by atoms with van der Waals surface area (Å²) in [4.78, 5) is 167. The Morgan fingerprint density at radius 3 is 1.18 bits per heavy atom. The smallest absolute Gasteiger partial charge is 0.326 e. The molecule has 0 aromatic heterocycles. The van der Waals surface area contributed by atoms with Crippen LogP contribution >= 0.6 is 23.5 Å². The highest BCUT2D eigenvalue weighted by Crippen LogP contribution is 2.51. The number of carboxylic acids is 1. The predicted octanol–water partition coefficient (Wildman–Crippen LogP) is 13.2. The fourth-order valence-electron chi connectivity index (χ4n) is 17.7. The Balaban J connectivity index is 0.790. The molecule has 11 N–H and O–H groups in total. The van der Waals surface area contributed by atoms with Crippen LogP contribution in [-0.2, 0) is 77.2 Å². The van der Waals surface area contributed by atoms with Crippen molar-refractivity contribution in [3.63, 3.8) is 0 Å². The van der Waals surface area contributed by atoms with Crippen LogP contribution < -0.4 is 48.3 Å². The van der Waals surface area contributed by atoms with Gasteiger partial charge in [0.1, 0.15) is 59.9 Å². The quantitative estimate of drug-likeness (QED) is 0.0159. The van der Waals surface area contributed by atoms with Crippen LogP contribution in [0.25, 0.3) is 0 Å². The minimum absolute atomic E-state index is 0.0942. The van der Waals surface area contributed by atoms with Crippen LogP contribution in [0.2, 0.25) is 0 Å². The third kappa shape index (κ3) is 26.1. The molecule has 714 valence electrons. The maximum atomic E-state index is 15.6. The molecule has 0 aliphatic carbocycles. The Morgan fingerprint density at radius 2 is 0.770 bits per heavy atom. The number of benzene rings is 9. The minimum atomic E-state index is -1.66. The van der Waals surface area contributed by atoms with Crippen LogP contribution in [-0.4, -0.2) is 189 Å². The summed E-state index contributed by atoms with van der Waals surface area (Å²) in [7, 11) is 0. The van der Waals surface area contributed by atoms with Gasteiger partial charge in [0.25, 0.3) is 0 Å². The van der Waals surface area contributed by atoms with Crippen LogP contribution in [0.5, 0.6) is 0 Å². The fourth-order valence-corrected chi connectivity index (χ4v) is 20.7. The predicted molar refractivity (Wildman–Crippen MR) is 529 cm³/mol. The van der Waals surface area contributed by atoms with Gasteiger partial charge in [-0.2, -0.15) is 0 Å². The van der Waals surface area contributed by atoms with Crippen LogP contribution in [0.1, 0.15) is 185 Å².